The number of hydrazine groups is 1. The van der Waals surface area contributed by atoms with E-state index in [1.54, 1.807) is 28.3 Å². The molecule has 0 spiro atoms. The van der Waals surface area contributed by atoms with Crippen LogP contribution in [0.3, 0.4) is 0 Å². The van der Waals surface area contributed by atoms with Gasteiger partial charge in [0.1, 0.15) is 0 Å². The number of hydrogen-bond donors (Lipinski definition) is 2. The minimum atomic E-state index is -0.411. The molecule has 7 nitrogen and oxygen atoms in total. The molecule has 2 N–H and O–H groups in total. The first-order valence-electron chi connectivity index (χ1n) is 10.0. The predicted octanol–water partition coefficient (Wildman–Crippen LogP) is 4.05. The van der Waals surface area contributed by atoms with Crippen LogP contribution in [0, 0.1) is 6.92 Å². The van der Waals surface area contributed by atoms with Crippen LogP contribution in [0.25, 0.3) is 21.6 Å². The lowest BCUT2D eigenvalue weighted by molar-refractivity contribution is -0.121. The molecule has 31 heavy (non-hydrogen) atoms. The SMILES string of the molecule is Cc1ccc(-c2cc(C(=O)NNC(=O)Cc3ccccc3)c3cnn(C(C)C)c3n2)s1. The molecule has 0 atom stereocenters. The number of carbonyl (C=O) groups is 2. The van der Waals surface area contributed by atoms with Crippen LogP contribution < -0.4 is 10.9 Å². The Bertz CT molecular complexity index is 1240. The number of fused-ring (bicyclic) bond motifs is 1. The number of aromatic nitrogens is 3. The lowest BCUT2D eigenvalue weighted by Crippen LogP contribution is -2.42. The molecule has 0 radical (unpaired) electrons. The fourth-order valence-electron chi connectivity index (χ4n) is 3.30. The zero-order valence-electron chi connectivity index (χ0n) is 17.5. The van der Waals surface area contributed by atoms with Gasteiger partial charge in [0, 0.05) is 10.9 Å². The Morgan fingerprint density at radius 1 is 1.10 bits per heavy atom. The van der Waals surface area contributed by atoms with Crippen molar-refractivity contribution in [2.45, 2.75) is 33.2 Å². The van der Waals surface area contributed by atoms with E-state index in [9.17, 15) is 9.59 Å². The third kappa shape index (κ3) is 4.49. The Labute approximate surface area is 184 Å². The van der Waals surface area contributed by atoms with Crippen LogP contribution in [-0.2, 0) is 11.2 Å². The first kappa shape index (κ1) is 20.7. The standard InChI is InChI=1S/C23H23N5O2S/c1-14(2)28-22-18(13-24-28)17(12-19(25-22)20-10-9-15(3)31-20)23(30)27-26-21(29)11-16-7-5-4-6-8-16/h4-10,12-14H,11H2,1-3H3,(H,26,29)(H,27,30). The predicted molar refractivity (Wildman–Crippen MR) is 122 cm³/mol. The van der Waals surface area contributed by atoms with E-state index >= 15 is 0 Å². The number of pyridine rings is 1. The van der Waals surface area contributed by atoms with Gasteiger partial charge in [0.25, 0.3) is 5.91 Å². The van der Waals surface area contributed by atoms with Crippen LogP contribution in [0.1, 0.15) is 40.7 Å². The van der Waals surface area contributed by atoms with Crippen molar-refractivity contribution in [3.8, 4) is 10.6 Å². The molecule has 4 aromatic rings. The van der Waals surface area contributed by atoms with Crippen molar-refractivity contribution >= 4 is 34.2 Å². The van der Waals surface area contributed by atoms with Crippen molar-refractivity contribution in [1.82, 2.24) is 25.6 Å². The third-order valence-electron chi connectivity index (χ3n) is 4.82. The summed E-state index contributed by atoms with van der Waals surface area (Å²) in [7, 11) is 0. The summed E-state index contributed by atoms with van der Waals surface area (Å²) in [6.45, 7) is 6.06. The maximum atomic E-state index is 13.0. The second-order valence-corrected chi connectivity index (χ2v) is 8.84. The molecule has 0 fully saturated rings. The molecule has 0 bridgehead atoms. The molecule has 2 amide bonds. The second kappa shape index (κ2) is 8.69. The third-order valence-corrected chi connectivity index (χ3v) is 5.84. The van der Waals surface area contributed by atoms with Crippen molar-refractivity contribution in [2.24, 2.45) is 0 Å². The van der Waals surface area contributed by atoms with Crippen molar-refractivity contribution in [3.05, 3.63) is 70.7 Å². The molecule has 3 aromatic heterocycles. The largest absolute Gasteiger partial charge is 0.273 e. The lowest BCUT2D eigenvalue weighted by Gasteiger charge is -2.11. The summed E-state index contributed by atoms with van der Waals surface area (Å²) in [4.78, 5) is 32.1. The Morgan fingerprint density at radius 2 is 1.87 bits per heavy atom. The van der Waals surface area contributed by atoms with E-state index in [1.165, 1.54) is 0 Å². The highest BCUT2D eigenvalue weighted by molar-refractivity contribution is 7.15. The number of nitrogens with one attached hydrogen (secondary N) is 2. The fraction of sp³-hybridized carbons (Fsp3) is 0.217. The van der Waals surface area contributed by atoms with Crippen molar-refractivity contribution in [2.75, 3.05) is 0 Å². The van der Waals surface area contributed by atoms with Gasteiger partial charge in [-0.15, -0.1) is 11.3 Å². The highest BCUT2D eigenvalue weighted by Crippen LogP contribution is 2.30. The van der Waals surface area contributed by atoms with Gasteiger partial charge in [0.2, 0.25) is 5.91 Å². The molecule has 4 rings (SSSR count). The van der Waals surface area contributed by atoms with E-state index in [-0.39, 0.29) is 18.4 Å². The summed E-state index contributed by atoms with van der Waals surface area (Å²) in [5, 5.41) is 5.06. The van der Waals surface area contributed by atoms with Gasteiger partial charge in [-0.25, -0.2) is 9.67 Å². The topological polar surface area (TPSA) is 88.9 Å². The minimum Gasteiger partial charge on any atom is -0.273 e. The lowest BCUT2D eigenvalue weighted by atomic mass is 10.1. The average molecular weight is 434 g/mol. The smallest absolute Gasteiger partial charge is 0.270 e. The number of nitrogens with zero attached hydrogens (tertiary/aromatic N) is 3. The molecule has 0 aliphatic rings. The molecule has 0 saturated heterocycles. The van der Waals surface area contributed by atoms with Gasteiger partial charge in [-0.1, -0.05) is 30.3 Å². The Kier molecular flexibility index (Phi) is 5.81. The molecule has 0 saturated carbocycles. The monoisotopic (exact) mass is 433 g/mol. The van der Waals surface area contributed by atoms with Crippen molar-refractivity contribution < 1.29 is 9.59 Å². The van der Waals surface area contributed by atoms with E-state index in [0.717, 1.165) is 15.3 Å². The van der Waals surface area contributed by atoms with Crippen molar-refractivity contribution in [1.29, 1.82) is 0 Å². The number of hydrogen-bond acceptors (Lipinski definition) is 5. The number of benzene rings is 1. The number of amides is 2. The van der Waals surface area contributed by atoms with Gasteiger partial charge in [0.15, 0.2) is 5.65 Å². The maximum absolute atomic E-state index is 13.0. The van der Waals surface area contributed by atoms with Gasteiger partial charge in [-0.2, -0.15) is 5.10 Å². The molecule has 0 aliphatic heterocycles. The summed E-state index contributed by atoms with van der Waals surface area (Å²) in [5.74, 6) is -0.705. The highest BCUT2D eigenvalue weighted by Gasteiger charge is 2.19. The first-order valence-corrected chi connectivity index (χ1v) is 10.8. The van der Waals surface area contributed by atoms with Gasteiger partial charge in [0.05, 0.1) is 34.1 Å². The number of rotatable bonds is 5. The van der Waals surface area contributed by atoms with Crippen molar-refractivity contribution in [3.63, 3.8) is 0 Å². The van der Waals surface area contributed by atoms with Crippen LogP contribution >= 0.6 is 11.3 Å². The van der Waals surface area contributed by atoms with E-state index in [2.05, 4.69) is 16.0 Å². The quantitative estimate of drug-likeness (QED) is 0.465. The number of thiophene rings is 1. The molecule has 0 unspecified atom stereocenters. The second-order valence-electron chi connectivity index (χ2n) is 7.55. The number of carbonyl (C=O) groups excluding carboxylic acids is 2. The summed E-state index contributed by atoms with van der Waals surface area (Å²) in [5.41, 5.74) is 7.66. The Morgan fingerprint density at radius 3 is 2.55 bits per heavy atom. The van der Waals surface area contributed by atoms with Crippen LogP contribution in [0.15, 0.2) is 54.7 Å². The maximum Gasteiger partial charge on any atom is 0.270 e. The normalized spacial score (nSPS) is 11.1. The first-order chi connectivity index (χ1) is 14.9. The zero-order chi connectivity index (χ0) is 22.0. The van der Waals surface area contributed by atoms with Crippen LogP contribution in [0.4, 0.5) is 0 Å². The highest BCUT2D eigenvalue weighted by atomic mass is 32.1. The van der Waals surface area contributed by atoms with E-state index in [1.807, 2.05) is 63.2 Å². The molecule has 8 heteroatoms. The zero-order valence-corrected chi connectivity index (χ0v) is 18.4. The Balaban J connectivity index is 1.62. The fourth-order valence-corrected chi connectivity index (χ4v) is 4.13. The van der Waals surface area contributed by atoms with E-state index < -0.39 is 5.91 Å². The summed E-state index contributed by atoms with van der Waals surface area (Å²) in [6, 6.07) is 15.2. The molecular formula is C23H23N5O2S. The van der Waals surface area contributed by atoms with Crippen LogP contribution in [0.2, 0.25) is 0 Å². The molecular weight excluding hydrogens is 410 g/mol. The van der Waals surface area contributed by atoms with E-state index in [0.29, 0.717) is 22.3 Å². The summed E-state index contributed by atoms with van der Waals surface area (Å²) >= 11 is 1.61. The summed E-state index contributed by atoms with van der Waals surface area (Å²) in [6.07, 6.45) is 1.82. The molecule has 0 aliphatic carbocycles. The van der Waals surface area contributed by atoms with Crippen LogP contribution in [-0.4, -0.2) is 26.6 Å². The Hall–Kier alpha value is -3.52. The summed E-state index contributed by atoms with van der Waals surface area (Å²) < 4.78 is 1.80. The molecule has 1 aromatic carbocycles. The molecule has 158 valence electrons. The minimum absolute atomic E-state index is 0.0896. The van der Waals surface area contributed by atoms with Gasteiger partial charge in [-0.05, 0) is 44.5 Å². The van der Waals surface area contributed by atoms with Gasteiger partial charge >= 0.3 is 0 Å². The van der Waals surface area contributed by atoms with Gasteiger partial charge in [-0.3, -0.25) is 20.4 Å². The number of aryl methyl sites for hydroxylation is 1. The van der Waals surface area contributed by atoms with E-state index in [4.69, 9.17) is 4.98 Å². The van der Waals surface area contributed by atoms with Crippen LogP contribution in [0.5, 0.6) is 0 Å². The molecule has 3 heterocycles. The average Bonchev–Trinajstić information content (AvgIpc) is 3.38. The van der Waals surface area contributed by atoms with Gasteiger partial charge < -0.3 is 0 Å².